The van der Waals surface area contributed by atoms with Crippen LogP contribution < -0.4 is 4.90 Å². The summed E-state index contributed by atoms with van der Waals surface area (Å²) in [5, 5.41) is 31.0. The summed E-state index contributed by atoms with van der Waals surface area (Å²) in [6.07, 6.45) is 6.29. The molecule has 0 fully saturated rings. The van der Waals surface area contributed by atoms with Gasteiger partial charge in [0.05, 0.1) is 12.7 Å². The first-order valence-corrected chi connectivity index (χ1v) is 11.9. The third kappa shape index (κ3) is 14.3. The first kappa shape index (κ1) is 32.6. The molecule has 0 heterocycles. The van der Waals surface area contributed by atoms with Gasteiger partial charge in [0.2, 0.25) is 0 Å². The predicted molar refractivity (Wildman–Crippen MR) is 155 cm³/mol. The average Bonchev–Trinajstić information content (AvgIpc) is 2.93. The van der Waals surface area contributed by atoms with Gasteiger partial charge in [0.15, 0.2) is 0 Å². The van der Waals surface area contributed by atoms with Crippen molar-refractivity contribution in [3.63, 3.8) is 0 Å². The third-order valence-electron chi connectivity index (χ3n) is 4.68. The van der Waals surface area contributed by atoms with Crippen molar-refractivity contribution in [1.82, 2.24) is 0 Å². The highest BCUT2D eigenvalue weighted by atomic mass is 16.5. The molecule has 1 rings (SSSR count). The van der Waals surface area contributed by atoms with Gasteiger partial charge >= 0.3 is 0 Å². The maximum Gasteiger partial charge on any atom is 0.128 e. The van der Waals surface area contributed by atoms with Crippen LogP contribution in [0, 0.1) is 114 Å². The van der Waals surface area contributed by atoms with Gasteiger partial charge in [-0.3, -0.25) is 0 Å². The van der Waals surface area contributed by atoms with Gasteiger partial charge in [-0.15, -0.1) is 6.42 Å². The number of phenols is 1. The monoisotopic (exact) mass is 529 g/mol. The summed E-state index contributed by atoms with van der Waals surface area (Å²) in [6.45, 7) is 4.19. The van der Waals surface area contributed by atoms with Gasteiger partial charge in [-0.25, -0.2) is 0 Å². The number of nitrogens with zero attached hydrogens (tertiary/aromatic N) is 1. The van der Waals surface area contributed by atoms with Gasteiger partial charge in [-0.1, -0.05) is 6.92 Å². The molecule has 0 bridgehead atoms. The standard InChI is InChI=1S/C34H27NO5/c1-5-7-8-9-10-11-12-13-14-15-16-17-18-19-20-21-22-40-28-33(37)26-35(25-32(36)27-39-4)31-23-29(3)34(38)30(6-2)24-31/h1,23-24,32-33,36-38H,6,25-28H2,2-4H3. The normalized spacial score (nSPS) is 9.50. The van der Waals surface area contributed by atoms with Crippen molar-refractivity contribution in [2.45, 2.75) is 32.5 Å². The summed E-state index contributed by atoms with van der Waals surface area (Å²) in [4.78, 5) is 1.82. The van der Waals surface area contributed by atoms with E-state index in [1.54, 1.807) is 13.0 Å². The highest BCUT2D eigenvalue weighted by Gasteiger charge is 2.19. The number of anilines is 1. The minimum Gasteiger partial charge on any atom is -0.507 e. The second-order valence-corrected chi connectivity index (χ2v) is 7.72. The minimum absolute atomic E-state index is 0.0775. The van der Waals surface area contributed by atoms with E-state index in [1.807, 2.05) is 17.9 Å². The zero-order valence-corrected chi connectivity index (χ0v) is 22.5. The number of rotatable bonds is 10. The molecule has 198 valence electrons. The molecule has 40 heavy (non-hydrogen) atoms. The molecular formula is C34H27NO5. The number of aryl methyl sites for hydroxylation is 2. The Morgan fingerprint density at radius 1 is 0.775 bits per heavy atom. The number of hydrogen-bond acceptors (Lipinski definition) is 6. The van der Waals surface area contributed by atoms with E-state index < -0.39 is 12.2 Å². The Kier molecular flexibility index (Phi) is 16.8. The predicted octanol–water partition coefficient (Wildman–Crippen LogP) is 1.07. The van der Waals surface area contributed by atoms with Crippen molar-refractivity contribution in [3.8, 4) is 113 Å². The topological polar surface area (TPSA) is 82.4 Å². The highest BCUT2D eigenvalue weighted by Crippen LogP contribution is 2.29. The van der Waals surface area contributed by atoms with Gasteiger partial charge in [0.1, 0.15) is 24.6 Å². The van der Waals surface area contributed by atoms with E-state index in [2.05, 4.69) is 101 Å². The van der Waals surface area contributed by atoms with Crippen molar-refractivity contribution in [2.24, 2.45) is 0 Å². The van der Waals surface area contributed by atoms with E-state index >= 15 is 0 Å². The van der Waals surface area contributed by atoms with Crippen LogP contribution in [0.25, 0.3) is 0 Å². The molecule has 2 unspecified atom stereocenters. The quantitative estimate of drug-likeness (QED) is 0.394. The van der Waals surface area contributed by atoms with Crippen molar-refractivity contribution in [1.29, 1.82) is 0 Å². The number of terminal acetylenes is 1. The van der Waals surface area contributed by atoms with Gasteiger partial charge in [-0.2, -0.15) is 0 Å². The molecule has 0 amide bonds. The van der Waals surface area contributed by atoms with E-state index in [0.717, 1.165) is 11.3 Å². The first-order valence-electron chi connectivity index (χ1n) is 11.9. The maximum atomic E-state index is 10.5. The molecule has 0 saturated carbocycles. The number of aliphatic hydroxyl groups excluding tert-OH is 2. The first-order chi connectivity index (χ1) is 19.4. The number of aliphatic hydroxyl groups is 2. The van der Waals surface area contributed by atoms with Crippen LogP contribution in [-0.2, 0) is 15.9 Å². The number of methoxy groups -OCH3 is 1. The fourth-order valence-electron chi connectivity index (χ4n) is 3.02. The van der Waals surface area contributed by atoms with Crippen molar-refractivity contribution < 1.29 is 24.8 Å². The maximum absolute atomic E-state index is 10.5. The fraction of sp³-hybridized carbons (Fsp3) is 0.294. The SMILES string of the molecule is C#CC#CC#CC#CC#CC#CC#CC#CC#COCC(O)CN(CC(O)COC)c1cc(C)c(O)c(CC)c1. The Bertz CT molecular complexity index is 1570. The Labute approximate surface area is 237 Å². The smallest absolute Gasteiger partial charge is 0.128 e. The molecule has 0 aliphatic carbocycles. The molecule has 0 aliphatic rings. The van der Waals surface area contributed by atoms with E-state index in [1.165, 1.54) is 7.11 Å². The Hall–Kier alpha value is -5.46. The van der Waals surface area contributed by atoms with Crippen molar-refractivity contribution in [3.05, 3.63) is 23.3 Å². The molecule has 0 radical (unpaired) electrons. The highest BCUT2D eigenvalue weighted by molar-refractivity contribution is 5.57. The van der Waals surface area contributed by atoms with Gasteiger partial charge < -0.3 is 29.7 Å². The summed E-state index contributed by atoms with van der Waals surface area (Å²) in [7, 11) is 1.50. The van der Waals surface area contributed by atoms with Crippen LogP contribution in [0.5, 0.6) is 5.75 Å². The van der Waals surface area contributed by atoms with Gasteiger partial charge in [-0.05, 0) is 84.0 Å². The molecule has 2 atom stereocenters. The van der Waals surface area contributed by atoms with Crippen LogP contribution in [0.2, 0.25) is 0 Å². The molecule has 3 N–H and O–H groups in total. The van der Waals surface area contributed by atoms with Crippen molar-refractivity contribution in [2.75, 3.05) is 38.3 Å². The molecule has 1 aromatic rings. The Morgan fingerprint density at radius 2 is 1.25 bits per heavy atom. The number of aromatic hydroxyl groups is 1. The van der Waals surface area contributed by atoms with E-state index in [0.29, 0.717) is 12.0 Å². The number of ether oxygens (including phenoxy) is 2. The van der Waals surface area contributed by atoms with Crippen LogP contribution in [0.3, 0.4) is 0 Å². The lowest BCUT2D eigenvalue weighted by molar-refractivity contribution is 0.0632. The molecule has 0 aliphatic heterocycles. The van der Waals surface area contributed by atoms with Crippen LogP contribution in [0.4, 0.5) is 5.69 Å². The summed E-state index contributed by atoms with van der Waals surface area (Å²) in [6, 6.07) is 3.65. The van der Waals surface area contributed by atoms with E-state index in [9.17, 15) is 15.3 Å². The molecule has 0 spiro atoms. The number of benzene rings is 1. The second-order valence-electron chi connectivity index (χ2n) is 7.72. The number of phenolic OH excluding ortho intramolecular Hbond substituents is 1. The van der Waals surface area contributed by atoms with Crippen molar-refractivity contribution >= 4 is 5.69 Å². The zero-order chi connectivity index (χ0) is 29.4. The molecule has 6 heteroatoms. The molecule has 0 aromatic heterocycles. The largest absolute Gasteiger partial charge is 0.507 e. The molecule has 6 nitrogen and oxygen atoms in total. The molecule has 0 saturated heterocycles. The summed E-state index contributed by atoms with van der Waals surface area (Å²) < 4.78 is 10.2. The lowest BCUT2D eigenvalue weighted by atomic mass is 10.0. The zero-order valence-electron chi connectivity index (χ0n) is 22.5. The molecule has 1 aromatic carbocycles. The van der Waals surface area contributed by atoms with Crippen LogP contribution in [0.1, 0.15) is 18.1 Å². The molecular weight excluding hydrogens is 502 g/mol. The van der Waals surface area contributed by atoms with Gasteiger partial charge in [0, 0.05) is 73.3 Å². The fourth-order valence-corrected chi connectivity index (χ4v) is 3.02. The van der Waals surface area contributed by atoms with Crippen LogP contribution >= 0.6 is 0 Å². The van der Waals surface area contributed by atoms with Gasteiger partial charge in [0.25, 0.3) is 0 Å². The lowest BCUT2D eigenvalue weighted by Gasteiger charge is -2.30. The summed E-state index contributed by atoms with van der Waals surface area (Å²) in [5.74, 6) is 39.4. The Balaban J connectivity index is 2.66. The summed E-state index contributed by atoms with van der Waals surface area (Å²) >= 11 is 0. The Morgan fingerprint density at radius 3 is 1.73 bits per heavy atom. The lowest BCUT2D eigenvalue weighted by Crippen LogP contribution is -2.41. The van der Waals surface area contributed by atoms with E-state index in [-0.39, 0.29) is 32.1 Å². The van der Waals surface area contributed by atoms with Crippen LogP contribution in [0.15, 0.2) is 12.1 Å². The van der Waals surface area contributed by atoms with E-state index in [4.69, 9.17) is 15.9 Å². The third-order valence-corrected chi connectivity index (χ3v) is 4.68. The van der Waals surface area contributed by atoms with Crippen LogP contribution in [-0.4, -0.2) is 60.9 Å². The average molecular weight is 530 g/mol. The summed E-state index contributed by atoms with van der Waals surface area (Å²) in [5.41, 5.74) is 2.24. The second kappa shape index (κ2) is 20.6. The number of hydrogen-bond donors (Lipinski definition) is 3. The minimum atomic E-state index is -0.911.